The summed E-state index contributed by atoms with van der Waals surface area (Å²) in [5, 5.41) is 3.43. The number of hydrogen-bond acceptors (Lipinski definition) is 3. The van der Waals surface area contributed by atoms with Crippen LogP contribution in [0.25, 0.3) is 0 Å². The number of benzene rings is 1. The molecule has 0 aliphatic carbocycles. The lowest BCUT2D eigenvalue weighted by molar-refractivity contribution is 0.281. The van der Waals surface area contributed by atoms with Gasteiger partial charge in [-0.1, -0.05) is 0 Å². The van der Waals surface area contributed by atoms with Gasteiger partial charge >= 0.3 is 0 Å². The molecule has 1 aromatic rings. The molecule has 25 heavy (non-hydrogen) atoms. The number of thioether (sulfide) groups is 1. The van der Waals surface area contributed by atoms with Gasteiger partial charge in [0.1, 0.15) is 5.82 Å². The van der Waals surface area contributed by atoms with Crippen LogP contribution in [0.4, 0.5) is 4.39 Å². The molecule has 138 valence electrons. The fourth-order valence-electron chi connectivity index (χ4n) is 3.90. The summed E-state index contributed by atoms with van der Waals surface area (Å²) in [4.78, 5) is 10.5. The molecular formula is C19H29FN4S. The molecule has 2 aliphatic rings. The second-order valence-electron chi connectivity index (χ2n) is 6.97. The Morgan fingerprint density at radius 1 is 1.32 bits per heavy atom. The van der Waals surface area contributed by atoms with Gasteiger partial charge < -0.3 is 15.1 Å². The highest BCUT2D eigenvalue weighted by Gasteiger charge is 2.27. The Hall–Kier alpha value is -1.27. The lowest BCUT2D eigenvalue weighted by Crippen LogP contribution is -2.40. The van der Waals surface area contributed by atoms with Crippen molar-refractivity contribution in [3.63, 3.8) is 0 Å². The van der Waals surface area contributed by atoms with E-state index in [0.717, 1.165) is 35.4 Å². The van der Waals surface area contributed by atoms with Gasteiger partial charge in [-0.05, 0) is 68.3 Å². The molecule has 1 N–H and O–H groups in total. The molecule has 2 heterocycles. The summed E-state index contributed by atoms with van der Waals surface area (Å²) >= 11 is 1.65. The third-order valence-electron chi connectivity index (χ3n) is 5.19. The van der Waals surface area contributed by atoms with E-state index in [1.54, 1.807) is 17.8 Å². The summed E-state index contributed by atoms with van der Waals surface area (Å²) in [6, 6.07) is 4.99. The first-order valence-electron chi connectivity index (χ1n) is 9.20. The smallest absolute Gasteiger partial charge is 0.193 e. The maximum absolute atomic E-state index is 13.6. The zero-order valence-electron chi connectivity index (χ0n) is 15.3. The third kappa shape index (κ3) is 4.88. The quantitative estimate of drug-likeness (QED) is 0.494. The molecule has 0 bridgehead atoms. The average molecular weight is 365 g/mol. The number of aliphatic imine (C=N–C) groups is 1. The van der Waals surface area contributed by atoms with Gasteiger partial charge in [-0.3, -0.25) is 4.99 Å². The Morgan fingerprint density at radius 3 is 2.84 bits per heavy atom. The maximum Gasteiger partial charge on any atom is 0.193 e. The van der Waals surface area contributed by atoms with E-state index in [9.17, 15) is 4.39 Å². The number of nitrogens with zero attached hydrogens (tertiary/aromatic N) is 3. The normalized spacial score (nSPS) is 22.0. The summed E-state index contributed by atoms with van der Waals surface area (Å²) in [6.45, 7) is 6.47. The fourth-order valence-corrected chi connectivity index (χ4v) is 4.49. The molecule has 0 spiro atoms. The van der Waals surface area contributed by atoms with Gasteiger partial charge in [-0.2, -0.15) is 0 Å². The van der Waals surface area contributed by atoms with Crippen LogP contribution in [0.3, 0.4) is 0 Å². The molecule has 4 nitrogen and oxygen atoms in total. The van der Waals surface area contributed by atoms with Crippen molar-refractivity contribution in [3.05, 3.63) is 29.6 Å². The van der Waals surface area contributed by atoms with Crippen LogP contribution in [0, 0.1) is 11.7 Å². The highest BCUT2D eigenvalue weighted by atomic mass is 32.2. The monoisotopic (exact) mass is 364 g/mol. The van der Waals surface area contributed by atoms with Crippen molar-refractivity contribution in [1.82, 2.24) is 15.1 Å². The van der Waals surface area contributed by atoms with Crippen molar-refractivity contribution < 1.29 is 4.39 Å². The van der Waals surface area contributed by atoms with Crippen LogP contribution in [0.2, 0.25) is 0 Å². The summed E-state index contributed by atoms with van der Waals surface area (Å²) in [5.74, 6) is 1.48. The van der Waals surface area contributed by atoms with E-state index in [1.807, 2.05) is 19.4 Å². The summed E-state index contributed by atoms with van der Waals surface area (Å²) < 4.78 is 13.6. The van der Waals surface area contributed by atoms with Crippen LogP contribution in [0.15, 0.2) is 28.1 Å². The largest absolute Gasteiger partial charge is 0.352 e. The van der Waals surface area contributed by atoms with Crippen LogP contribution >= 0.6 is 11.8 Å². The highest BCUT2D eigenvalue weighted by molar-refractivity contribution is 7.98. The first kappa shape index (κ1) is 18.5. The van der Waals surface area contributed by atoms with Crippen LogP contribution in [-0.4, -0.2) is 61.8 Å². The maximum atomic E-state index is 13.6. The van der Waals surface area contributed by atoms with E-state index in [-0.39, 0.29) is 5.82 Å². The van der Waals surface area contributed by atoms with E-state index in [0.29, 0.717) is 6.54 Å². The Balaban J connectivity index is 1.54. The number of guanidine groups is 1. The molecular weight excluding hydrogens is 335 g/mol. The third-order valence-corrected chi connectivity index (χ3v) is 6.03. The molecule has 6 heteroatoms. The van der Waals surface area contributed by atoms with Crippen LogP contribution < -0.4 is 5.32 Å². The molecule has 2 aliphatic heterocycles. The predicted octanol–water partition coefficient (Wildman–Crippen LogP) is 3.04. The van der Waals surface area contributed by atoms with Gasteiger partial charge in [-0.15, -0.1) is 11.8 Å². The van der Waals surface area contributed by atoms with Crippen molar-refractivity contribution in [1.29, 1.82) is 0 Å². The van der Waals surface area contributed by atoms with E-state index >= 15 is 0 Å². The van der Waals surface area contributed by atoms with Crippen molar-refractivity contribution in [3.8, 4) is 0 Å². The fraction of sp³-hybridized carbons (Fsp3) is 0.632. The number of rotatable bonds is 5. The van der Waals surface area contributed by atoms with E-state index < -0.39 is 0 Å². The molecule has 0 amide bonds. The van der Waals surface area contributed by atoms with Crippen molar-refractivity contribution >= 4 is 17.7 Å². The molecule has 0 radical (unpaired) electrons. The zero-order chi connectivity index (χ0) is 17.6. The topological polar surface area (TPSA) is 30.9 Å². The van der Waals surface area contributed by atoms with Crippen molar-refractivity contribution in [2.75, 3.05) is 46.0 Å². The summed E-state index contributed by atoms with van der Waals surface area (Å²) in [7, 11) is 1.83. The summed E-state index contributed by atoms with van der Waals surface area (Å²) in [5.41, 5.74) is 0.987. The molecule has 1 unspecified atom stereocenters. The molecule has 1 aromatic carbocycles. The van der Waals surface area contributed by atoms with Crippen LogP contribution in [-0.2, 0) is 6.54 Å². The van der Waals surface area contributed by atoms with Gasteiger partial charge in [0.15, 0.2) is 5.96 Å². The standard InChI is InChI=1S/C19H29FN4S/c1-21-19(22-12-16-11-17(20)5-6-18(16)25-2)24-10-7-15(14-24)13-23-8-3-4-9-23/h5-6,11,15H,3-4,7-10,12-14H2,1-2H3,(H,21,22). The minimum atomic E-state index is -0.184. The van der Waals surface area contributed by atoms with Crippen LogP contribution in [0.1, 0.15) is 24.8 Å². The van der Waals surface area contributed by atoms with Crippen molar-refractivity contribution in [2.45, 2.75) is 30.7 Å². The predicted molar refractivity (Wildman–Crippen MR) is 104 cm³/mol. The number of likely N-dealkylation sites (tertiary alicyclic amines) is 2. The van der Waals surface area contributed by atoms with E-state index in [2.05, 4.69) is 20.1 Å². The SMILES string of the molecule is CN=C(NCc1cc(F)ccc1SC)N1CCC(CN2CCCC2)C1. The molecule has 2 saturated heterocycles. The number of nitrogens with one attached hydrogen (secondary N) is 1. The van der Waals surface area contributed by atoms with E-state index in [4.69, 9.17) is 0 Å². The highest BCUT2D eigenvalue weighted by Crippen LogP contribution is 2.22. The van der Waals surface area contributed by atoms with Gasteiger partial charge in [0.25, 0.3) is 0 Å². The zero-order valence-corrected chi connectivity index (χ0v) is 16.1. The van der Waals surface area contributed by atoms with Crippen molar-refractivity contribution in [2.24, 2.45) is 10.9 Å². The first-order chi connectivity index (χ1) is 12.2. The minimum absolute atomic E-state index is 0.184. The second kappa shape index (κ2) is 8.90. The Bertz CT molecular complexity index is 601. The second-order valence-corrected chi connectivity index (χ2v) is 7.81. The van der Waals surface area contributed by atoms with E-state index in [1.165, 1.54) is 45.0 Å². The molecule has 3 rings (SSSR count). The first-order valence-corrected chi connectivity index (χ1v) is 10.4. The number of hydrogen-bond donors (Lipinski definition) is 1. The molecule has 0 saturated carbocycles. The Kier molecular flexibility index (Phi) is 6.59. The lowest BCUT2D eigenvalue weighted by Gasteiger charge is -2.23. The Labute approximate surface area is 154 Å². The van der Waals surface area contributed by atoms with Gasteiger partial charge in [0.05, 0.1) is 0 Å². The van der Waals surface area contributed by atoms with Crippen LogP contribution in [0.5, 0.6) is 0 Å². The van der Waals surface area contributed by atoms with Gasteiger partial charge in [0.2, 0.25) is 0 Å². The average Bonchev–Trinajstić information content (AvgIpc) is 3.28. The minimum Gasteiger partial charge on any atom is -0.352 e. The molecule has 0 aromatic heterocycles. The Morgan fingerprint density at radius 2 is 2.12 bits per heavy atom. The van der Waals surface area contributed by atoms with Gasteiger partial charge in [-0.25, -0.2) is 4.39 Å². The number of halogens is 1. The summed E-state index contributed by atoms with van der Waals surface area (Å²) in [6.07, 6.45) is 5.96. The molecule has 1 atom stereocenters. The lowest BCUT2D eigenvalue weighted by atomic mass is 10.1. The van der Waals surface area contributed by atoms with Gasteiger partial charge in [0, 0.05) is 38.1 Å². The molecule has 2 fully saturated rings.